The molecule has 0 bridgehead atoms. The van der Waals surface area contributed by atoms with Crippen molar-refractivity contribution in [1.29, 1.82) is 0 Å². The van der Waals surface area contributed by atoms with Crippen molar-refractivity contribution in [3.05, 3.63) is 41.2 Å². The van der Waals surface area contributed by atoms with Crippen molar-refractivity contribution in [3.8, 4) is 0 Å². The van der Waals surface area contributed by atoms with Crippen LogP contribution in [0.2, 0.25) is 0 Å². The third-order valence-electron chi connectivity index (χ3n) is 2.65. The summed E-state index contributed by atoms with van der Waals surface area (Å²) in [5, 5.41) is 2.11. The van der Waals surface area contributed by atoms with Crippen LogP contribution in [0, 0.1) is 11.6 Å². The number of nitrogens with two attached hydrogens (primary N) is 1. The van der Waals surface area contributed by atoms with E-state index in [9.17, 15) is 13.6 Å². The van der Waals surface area contributed by atoms with Gasteiger partial charge in [0, 0.05) is 12.7 Å². The Hall–Kier alpha value is -2.11. The second kappa shape index (κ2) is 5.48. The van der Waals surface area contributed by atoms with Gasteiger partial charge in [0.2, 0.25) is 6.41 Å². The predicted octanol–water partition coefficient (Wildman–Crippen LogP) is 1.98. The summed E-state index contributed by atoms with van der Waals surface area (Å²) in [6.07, 6.45) is 0.327. The van der Waals surface area contributed by atoms with E-state index >= 15 is 0 Å². The molecule has 1 amide bonds. The summed E-state index contributed by atoms with van der Waals surface area (Å²) >= 11 is 0. The second-order valence-electron chi connectivity index (χ2n) is 3.81. The Morgan fingerprint density at radius 3 is 2.17 bits per heavy atom. The molecule has 1 rings (SSSR count). The first-order chi connectivity index (χ1) is 8.40. The maximum absolute atomic E-state index is 13.6. The molecular weight excluding hydrogens is 240 g/mol. The number of benzene rings is 1. The second-order valence-corrected chi connectivity index (χ2v) is 3.81. The van der Waals surface area contributed by atoms with E-state index in [2.05, 4.69) is 0 Å². The number of hydrazine groups is 1. The van der Waals surface area contributed by atoms with E-state index in [1.165, 1.54) is 18.1 Å². The zero-order valence-electron chi connectivity index (χ0n) is 10.4. The molecule has 0 radical (unpaired) electrons. The van der Waals surface area contributed by atoms with Gasteiger partial charge in [0.05, 0.1) is 5.70 Å². The molecule has 1 aromatic carbocycles. The Balaban J connectivity index is 3.27. The van der Waals surface area contributed by atoms with Crippen LogP contribution in [0.5, 0.6) is 0 Å². The summed E-state index contributed by atoms with van der Waals surface area (Å²) in [7, 11) is 1.49. The van der Waals surface area contributed by atoms with Crippen LogP contribution >= 0.6 is 0 Å². The Kier molecular flexibility index (Phi) is 4.25. The fraction of sp³-hybridized carbons (Fsp3) is 0.250. The molecule has 2 N–H and O–H groups in total. The Morgan fingerprint density at radius 1 is 1.28 bits per heavy atom. The lowest BCUT2D eigenvalue weighted by atomic mass is 10.3. The average Bonchev–Trinajstić information content (AvgIpc) is 2.32. The van der Waals surface area contributed by atoms with Gasteiger partial charge in [-0.1, -0.05) is 6.07 Å². The van der Waals surface area contributed by atoms with Gasteiger partial charge in [-0.15, -0.1) is 0 Å². The predicted molar refractivity (Wildman–Crippen MR) is 65.2 cm³/mol. The number of hydrogen-bond donors (Lipinski definition) is 1. The summed E-state index contributed by atoms with van der Waals surface area (Å²) in [6, 6.07) is 3.39. The summed E-state index contributed by atoms with van der Waals surface area (Å²) in [5.74, 6) is -1.65. The molecule has 0 aliphatic carbocycles. The minimum Gasteiger partial charge on any atom is -0.401 e. The molecule has 18 heavy (non-hydrogen) atoms. The number of carbonyl (C=O) groups excluding carboxylic acids is 1. The van der Waals surface area contributed by atoms with Crippen LogP contribution in [0.25, 0.3) is 0 Å². The minimum absolute atomic E-state index is 0.327. The number of halogens is 2. The summed E-state index contributed by atoms with van der Waals surface area (Å²) < 4.78 is 27.2. The highest BCUT2D eigenvalue weighted by molar-refractivity contribution is 5.74. The standard InChI is InChI=1S/C12H15F2N3O/c1-8(15)9(2)16(3)17(7-18)12-10(13)5-4-6-11(12)14/h4-7H,15H2,1-3H3/b9-8+. The van der Waals surface area contributed by atoms with Crippen LogP contribution in [-0.2, 0) is 4.79 Å². The maximum atomic E-state index is 13.6. The number of carbonyl (C=O) groups is 1. The minimum atomic E-state index is -0.823. The lowest BCUT2D eigenvalue weighted by molar-refractivity contribution is -0.109. The molecule has 0 aliphatic heterocycles. The summed E-state index contributed by atoms with van der Waals surface area (Å²) in [5.41, 5.74) is 6.12. The molecular formula is C12H15F2N3O. The molecule has 98 valence electrons. The van der Waals surface area contributed by atoms with Gasteiger partial charge in [0.1, 0.15) is 5.69 Å². The summed E-state index contributed by atoms with van der Waals surface area (Å²) in [6.45, 7) is 3.27. The van der Waals surface area contributed by atoms with Crippen molar-refractivity contribution < 1.29 is 13.6 Å². The quantitative estimate of drug-likeness (QED) is 0.661. The van der Waals surface area contributed by atoms with Gasteiger partial charge in [0.15, 0.2) is 11.6 Å². The fourth-order valence-electron chi connectivity index (χ4n) is 1.40. The number of anilines is 1. The van der Waals surface area contributed by atoms with Crippen LogP contribution in [-0.4, -0.2) is 18.5 Å². The highest BCUT2D eigenvalue weighted by atomic mass is 19.1. The first-order valence-corrected chi connectivity index (χ1v) is 5.25. The van der Waals surface area contributed by atoms with Gasteiger partial charge in [-0.25, -0.2) is 13.8 Å². The highest BCUT2D eigenvalue weighted by Crippen LogP contribution is 2.24. The monoisotopic (exact) mass is 255 g/mol. The topological polar surface area (TPSA) is 49.6 Å². The Labute approximate surface area is 104 Å². The van der Waals surface area contributed by atoms with Crippen molar-refractivity contribution in [3.63, 3.8) is 0 Å². The first-order valence-electron chi connectivity index (χ1n) is 5.25. The molecule has 0 fully saturated rings. The van der Waals surface area contributed by atoms with Gasteiger partial charge >= 0.3 is 0 Å². The zero-order chi connectivity index (χ0) is 13.9. The number of nitrogens with zero attached hydrogens (tertiary/aromatic N) is 2. The van der Waals surface area contributed by atoms with Gasteiger partial charge < -0.3 is 5.73 Å². The first kappa shape index (κ1) is 14.0. The third-order valence-corrected chi connectivity index (χ3v) is 2.65. The van der Waals surface area contributed by atoms with Crippen molar-refractivity contribution in [2.24, 2.45) is 5.73 Å². The molecule has 1 aromatic rings. The van der Waals surface area contributed by atoms with Gasteiger partial charge in [-0.3, -0.25) is 9.80 Å². The lowest BCUT2D eigenvalue weighted by Crippen LogP contribution is -2.39. The zero-order valence-corrected chi connectivity index (χ0v) is 10.4. The molecule has 0 unspecified atom stereocenters. The molecule has 0 atom stereocenters. The van der Waals surface area contributed by atoms with Crippen LogP contribution in [0.1, 0.15) is 13.8 Å². The van der Waals surface area contributed by atoms with E-state index in [0.29, 0.717) is 17.8 Å². The number of rotatable bonds is 4. The van der Waals surface area contributed by atoms with E-state index in [0.717, 1.165) is 17.1 Å². The van der Waals surface area contributed by atoms with Crippen LogP contribution in [0.4, 0.5) is 14.5 Å². The number of amides is 1. The van der Waals surface area contributed by atoms with Gasteiger partial charge in [0.25, 0.3) is 0 Å². The summed E-state index contributed by atoms with van der Waals surface area (Å²) in [4.78, 5) is 11.1. The van der Waals surface area contributed by atoms with Gasteiger partial charge in [-0.2, -0.15) is 0 Å². The molecule has 0 aliphatic rings. The molecule has 0 heterocycles. The molecule has 0 saturated heterocycles. The molecule has 0 aromatic heterocycles. The Bertz CT molecular complexity index is 464. The highest BCUT2D eigenvalue weighted by Gasteiger charge is 2.20. The van der Waals surface area contributed by atoms with Crippen LogP contribution in [0.15, 0.2) is 29.6 Å². The lowest BCUT2D eigenvalue weighted by Gasteiger charge is -2.31. The smallest absolute Gasteiger partial charge is 0.233 e. The van der Waals surface area contributed by atoms with Crippen molar-refractivity contribution in [2.75, 3.05) is 12.1 Å². The van der Waals surface area contributed by atoms with E-state index < -0.39 is 17.3 Å². The average molecular weight is 255 g/mol. The molecule has 6 heteroatoms. The molecule has 0 spiro atoms. The van der Waals surface area contributed by atoms with Crippen LogP contribution < -0.4 is 10.7 Å². The van der Waals surface area contributed by atoms with E-state index in [4.69, 9.17) is 5.73 Å². The van der Waals surface area contributed by atoms with Crippen molar-refractivity contribution >= 4 is 12.1 Å². The number of para-hydroxylation sites is 1. The fourth-order valence-corrected chi connectivity index (χ4v) is 1.40. The van der Waals surface area contributed by atoms with Crippen molar-refractivity contribution in [1.82, 2.24) is 5.01 Å². The normalized spacial score (nSPS) is 11.8. The van der Waals surface area contributed by atoms with E-state index in [-0.39, 0.29) is 0 Å². The third kappa shape index (κ3) is 2.58. The van der Waals surface area contributed by atoms with Crippen molar-refractivity contribution in [2.45, 2.75) is 13.8 Å². The maximum Gasteiger partial charge on any atom is 0.233 e. The Morgan fingerprint density at radius 2 is 1.78 bits per heavy atom. The number of allylic oxidation sites excluding steroid dienone is 2. The van der Waals surface area contributed by atoms with Gasteiger partial charge in [-0.05, 0) is 26.0 Å². The van der Waals surface area contributed by atoms with Crippen LogP contribution in [0.3, 0.4) is 0 Å². The van der Waals surface area contributed by atoms with E-state index in [1.807, 2.05) is 0 Å². The molecule has 0 saturated carbocycles. The SMILES string of the molecule is C/C(N)=C(/C)N(C)N(C=O)c1c(F)cccc1F. The largest absolute Gasteiger partial charge is 0.401 e. The molecule has 4 nitrogen and oxygen atoms in total. The van der Waals surface area contributed by atoms with E-state index in [1.54, 1.807) is 13.8 Å². The number of hydrogen-bond acceptors (Lipinski definition) is 3.